The van der Waals surface area contributed by atoms with E-state index >= 15 is 0 Å². The van der Waals surface area contributed by atoms with Gasteiger partial charge in [0.15, 0.2) is 0 Å². The number of hydrogen-bond acceptors (Lipinski definition) is 2. The zero-order chi connectivity index (χ0) is 8.97. The fraction of sp³-hybridized carbons (Fsp3) is 0.875. The Morgan fingerprint density at radius 2 is 1.83 bits per heavy atom. The summed E-state index contributed by atoms with van der Waals surface area (Å²) in [4.78, 5) is 12.1. The van der Waals surface area contributed by atoms with Gasteiger partial charge in [0, 0.05) is 19.1 Å². The molecule has 1 aliphatic rings. The van der Waals surface area contributed by atoms with Gasteiger partial charge in [0.05, 0.1) is 0 Å². The van der Waals surface area contributed by atoms with Crippen LogP contribution in [0.2, 0.25) is 0 Å². The molecule has 70 valence electrons. The number of carbonyl (C=O) groups is 1. The van der Waals surface area contributed by atoms with Crippen LogP contribution in [0.3, 0.4) is 0 Å². The number of likely N-dealkylation sites (tertiary alicyclic amines) is 1. The maximum atomic E-state index is 10.6. The van der Waals surface area contributed by atoms with Crippen LogP contribution in [-0.4, -0.2) is 35.2 Å². The van der Waals surface area contributed by atoms with E-state index in [9.17, 15) is 4.79 Å². The molecule has 0 unspecified atom stereocenters. The minimum absolute atomic E-state index is 0.279. The molecule has 1 saturated heterocycles. The topological polar surface area (TPSA) is 66.6 Å². The van der Waals surface area contributed by atoms with Crippen LogP contribution in [0.4, 0.5) is 4.79 Å². The number of carboxylic acid groups (broad SMARTS) is 1. The van der Waals surface area contributed by atoms with Crippen molar-refractivity contribution in [2.45, 2.75) is 31.7 Å². The van der Waals surface area contributed by atoms with Crippen molar-refractivity contribution in [3.8, 4) is 0 Å². The van der Waals surface area contributed by atoms with Gasteiger partial charge in [-0.25, -0.2) is 4.79 Å². The van der Waals surface area contributed by atoms with Gasteiger partial charge in [-0.15, -0.1) is 0 Å². The quantitative estimate of drug-likeness (QED) is 0.569. The second kappa shape index (κ2) is 4.30. The van der Waals surface area contributed by atoms with E-state index in [1.54, 1.807) is 0 Å². The summed E-state index contributed by atoms with van der Waals surface area (Å²) >= 11 is 0. The van der Waals surface area contributed by atoms with Gasteiger partial charge in [-0.2, -0.15) is 0 Å². The highest BCUT2D eigenvalue weighted by Gasteiger charge is 2.15. The van der Waals surface area contributed by atoms with Crippen LogP contribution in [0.15, 0.2) is 0 Å². The molecule has 3 N–H and O–H groups in total. The molecule has 1 amide bonds. The van der Waals surface area contributed by atoms with Crippen LogP contribution in [0.1, 0.15) is 25.7 Å². The molecule has 0 bridgehead atoms. The lowest BCUT2D eigenvalue weighted by molar-refractivity contribution is 0.139. The van der Waals surface area contributed by atoms with Crippen LogP contribution in [0, 0.1) is 0 Å². The van der Waals surface area contributed by atoms with Crippen molar-refractivity contribution in [3.05, 3.63) is 0 Å². The lowest BCUT2D eigenvalue weighted by atomic mass is 10.0. The Morgan fingerprint density at radius 3 is 2.25 bits per heavy atom. The monoisotopic (exact) mass is 172 g/mol. The molecular weight excluding hydrogens is 156 g/mol. The van der Waals surface area contributed by atoms with Crippen molar-refractivity contribution in [2.24, 2.45) is 5.73 Å². The SMILES string of the molecule is NC1CCCN(C(=O)O)CCC1. The van der Waals surface area contributed by atoms with E-state index in [1.165, 1.54) is 4.90 Å². The molecule has 4 heteroatoms. The minimum Gasteiger partial charge on any atom is -0.465 e. The molecule has 1 rings (SSSR count). The van der Waals surface area contributed by atoms with E-state index in [-0.39, 0.29) is 6.04 Å². The minimum atomic E-state index is -0.800. The number of hydrogen-bond donors (Lipinski definition) is 2. The standard InChI is InChI=1S/C8H16N2O2/c9-7-3-1-5-10(8(11)12)6-2-4-7/h7H,1-6,9H2,(H,11,12). The Labute approximate surface area is 72.3 Å². The highest BCUT2D eigenvalue weighted by Crippen LogP contribution is 2.09. The van der Waals surface area contributed by atoms with Gasteiger partial charge in [0.2, 0.25) is 0 Å². The number of amides is 1. The first-order chi connectivity index (χ1) is 5.70. The van der Waals surface area contributed by atoms with Gasteiger partial charge in [-0.05, 0) is 25.7 Å². The van der Waals surface area contributed by atoms with Gasteiger partial charge in [0.25, 0.3) is 0 Å². The Hall–Kier alpha value is -0.770. The molecule has 1 fully saturated rings. The zero-order valence-electron chi connectivity index (χ0n) is 7.20. The van der Waals surface area contributed by atoms with Crippen molar-refractivity contribution < 1.29 is 9.90 Å². The largest absolute Gasteiger partial charge is 0.465 e. The second-order valence-electron chi connectivity index (χ2n) is 3.31. The van der Waals surface area contributed by atoms with Crippen molar-refractivity contribution in [1.82, 2.24) is 4.90 Å². The van der Waals surface area contributed by atoms with Crippen molar-refractivity contribution >= 4 is 6.09 Å². The van der Waals surface area contributed by atoms with E-state index < -0.39 is 6.09 Å². The lowest BCUT2D eigenvalue weighted by Gasteiger charge is -2.23. The highest BCUT2D eigenvalue weighted by atomic mass is 16.4. The zero-order valence-corrected chi connectivity index (χ0v) is 7.20. The lowest BCUT2D eigenvalue weighted by Crippen LogP contribution is -2.35. The van der Waals surface area contributed by atoms with Crippen molar-refractivity contribution in [2.75, 3.05) is 13.1 Å². The summed E-state index contributed by atoms with van der Waals surface area (Å²) in [5, 5.41) is 8.72. The van der Waals surface area contributed by atoms with Crippen LogP contribution < -0.4 is 5.73 Å². The van der Waals surface area contributed by atoms with Crippen LogP contribution >= 0.6 is 0 Å². The summed E-state index contributed by atoms with van der Waals surface area (Å²) in [7, 11) is 0. The highest BCUT2D eigenvalue weighted by molar-refractivity contribution is 5.64. The molecule has 0 aromatic carbocycles. The van der Waals surface area contributed by atoms with Crippen LogP contribution in [0.25, 0.3) is 0 Å². The Bertz CT molecular complexity index is 151. The first kappa shape index (κ1) is 9.32. The summed E-state index contributed by atoms with van der Waals surface area (Å²) in [6.45, 7) is 1.28. The molecule has 0 aromatic rings. The molecule has 0 aliphatic carbocycles. The molecule has 0 saturated carbocycles. The molecule has 0 atom stereocenters. The van der Waals surface area contributed by atoms with E-state index in [1.807, 2.05) is 0 Å². The average molecular weight is 172 g/mol. The Balaban J connectivity index is 2.35. The summed E-state index contributed by atoms with van der Waals surface area (Å²) in [6, 6.07) is 0.279. The predicted molar refractivity (Wildman–Crippen MR) is 46.0 cm³/mol. The third kappa shape index (κ3) is 2.70. The van der Waals surface area contributed by atoms with Gasteiger partial charge < -0.3 is 15.7 Å². The summed E-state index contributed by atoms with van der Waals surface area (Å²) in [5.41, 5.74) is 5.76. The normalized spacial score (nSPS) is 21.6. The third-order valence-electron chi connectivity index (χ3n) is 2.28. The maximum Gasteiger partial charge on any atom is 0.407 e. The third-order valence-corrected chi connectivity index (χ3v) is 2.28. The fourth-order valence-electron chi connectivity index (χ4n) is 1.54. The number of rotatable bonds is 0. The fourth-order valence-corrected chi connectivity index (χ4v) is 1.54. The van der Waals surface area contributed by atoms with E-state index in [4.69, 9.17) is 10.8 Å². The van der Waals surface area contributed by atoms with Crippen LogP contribution in [0.5, 0.6) is 0 Å². The predicted octanol–water partition coefficient (Wildman–Crippen LogP) is 0.868. The first-order valence-corrected chi connectivity index (χ1v) is 4.43. The van der Waals surface area contributed by atoms with Crippen LogP contribution in [-0.2, 0) is 0 Å². The second-order valence-corrected chi connectivity index (χ2v) is 3.31. The van der Waals surface area contributed by atoms with E-state index in [2.05, 4.69) is 0 Å². The van der Waals surface area contributed by atoms with E-state index in [0.29, 0.717) is 13.1 Å². The van der Waals surface area contributed by atoms with Crippen molar-refractivity contribution in [1.29, 1.82) is 0 Å². The van der Waals surface area contributed by atoms with E-state index in [0.717, 1.165) is 25.7 Å². The Morgan fingerprint density at radius 1 is 1.33 bits per heavy atom. The maximum absolute atomic E-state index is 10.6. The molecular formula is C8H16N2O2. The first-order valence-electron chi connectivity index (χ1n) is 4.43. The molecule has 4 nitrogen and oxygen atoms in total. The molecule has 12 heavy (non-hydrogen) atoms. The smallest absolute Gasteiger partial charge is 0.407 e. The van der Waals surface area contributed by atoms with Gasteiger partial charge in [0.1, 0.15) is 0 Å². The molecule has 0 radical (unpaired) electrons. The average Bonchev–Trinajstić information content (AvgIpc) is 1.95. The van der Waals surface area contributed by atoms with Gasteiger partial charge in [-0.3, -0.25) is 0 Å². The molecule has 1 aliphatic heterocycles. The number of nitrogens with zero attached hydrogens (tertiary/aromatic N) is 1. The molecule has 1 heterocycles. The van der Waals surface area contributed by atoms with Gasteiger partial charge >= 0.3 is 6.09 Å². The van der Waals surface area contributed by atoms with Gasteiger partial charge in [-0.1, -0.05) is 0 Å². The Kier molecular flexibility index (Phi) is 3.34. The molecule has 0 spiro atoms. The summed E-state index contributed by atoms with van der Waals surface area (Å²) in [6.07, 6.45) is 2.89. The summed E-state index contributed by atoms with van der Waals surface area (Å²) in [5.74, 6) is 0. The summed E-state index contributed by atoms with van der Waals surface area (Å²) < 4.78 is 0. The number of nitrogens with two attached hydrogens (primary N) is 1. The van der Waals surface area contributed by atoms with Crippen molar-refractivity contribution in [3.63, 3.8) is 0 Å². The molecule has 0 aromatic heterocycles.